The molecule has 2 aliphatic rings. The summed E-state index contributed by atoms with van der Waals surface area (Å²) in [5.74, 6) is 0.0322. The molecule has 2 bridgehead atoms. The van der Waals surface area contributed by atoms with Crippen LogP contribution in [-0.4, -0.2) is 30.9 Å². The van der Waals surface area contributed by atoms with Crippen molar-refractivity contribution < 1.29 is 14.3 Å². The number of Topliss-reactive ketones (excluding diaryl/α,β-unsaturated/α-hetero) is 1. The quantitative estimate of drug-likeness (QED) is 0.467. The van der Waals surface area contributed by atoms with Gasteiger partial charge in [-0.2, -0.15) is 0 Å². The molecule has 4 unspecified atom stereocenters. The molecule has 4 atom stereocenters. The number of hydrogen-bond acceptors (Lipinski definition) is 4. The Morgan fingerprint density at radius 3 is 3.00 bits per heavy atom. The molecular formula is C15H23NO3. The molecule has 2 rings (SSSR count). The van der Waals surface area contributed by atoms with E-state index in [9.17, 15) is 9.59 Å². The first-order valence-corrected chi connectivity index (χ1v) is 7.12. The van der Waals surface area contributed by atoms with Crippen LogP contribution in [0.25, 0.3) is 0 Å². The Balaban J connectivity index is 2.19. The Morgan fingerprint density at radius 1 is 1.63 bits per heavy atom. The van der Waals surface area contributed by atoms with E-state index in [1.807, 2.05) is 0 Å². The van der Waals surface area contributed by atoms with Crippen molar-refractivity contribution >= 4 is 11.8 Å². The average Bonchev–Trinajstić information content (AvgIpc) is 2.61. The molecule has 2 saturated carbocycles. The fraction of sp³-hybridized carbons (Fsp3) is 0.733. The Morgan fingerprint density at radius 2 is 2.37 bits per heavy atom. The summed E-state index contributed by atoms with van der Waals surface area (Å²) in [6.07, 6.45) is 3.85. The van der Waals surface area contributed by atoms with E-state index in [0.717, 1.165) is 6.42 Å². The summed E-state index contributed by atoms with van der Waals surface area (Å²) in [7, 11) is 0. The van der Waals surface area contributed by atoms with Crippen molar-refractivity contribution in [3.05, 3.63) is 12.7 Å². The number of carbonyl (C=O) groups excluding carboxylic acids is 2. The highest BCUT2D eigenvalue weighted by molar-refractivity contribution is 6.07. The zero-order valence-corrected chi connectivity index (χ0v) is 11.8. The van der Waals surface area contributed by atoms with Gasteiger partial charge in [0, 0.05) is 18.5 Å². The van der Waals surface area contributed by atoms with Crippen LogP contribution in [0.5, 0.6) is 0 Å². The smallest absolute Gasteiger partial charge is 0.319 e. The summed E-state index contributed by atoms with van der Waals surface area (Å²) in [5.41, 5.74) is -0.855. The van der Waals surface area contributed by atoms with Crippen molar-refractivity contribution in [1.29, 1.82) is 0 Å². The largest absolute Gasteiger partial charge is 0.465 e. The second-order valence-corrected chi connectivity index (χ2v) is 5.72. The summed E-state index contributed by atoms with van der Waals surface area (Å²) in [6.45, 7) is 8.63. The van der Waals surface area contributed by atoms with Crippen molar-refractivity contribution in [2.24, 2.45) is 17.3 Å². The molecule has 0 aromatic carbocycles. The van der Waals surface area contributed by atoms with Gasteiger partial charge < -0.3 is 10.1 Å². The van der Waals surface area contributed by atoms with Crippen LogP contribution in [0.4, 0.5) is 0 Å². The molecule has 0 spiro atoms. The van der Waals surface area contributed by atoms with E-state index in [1.54, 1.807) is 13.0 Å². The highest BCUT2D eigenvalue weighted by atomic mass is 16.5. The van der Waals surface area contributed by atoms with Gasteiger partial charge in [-0.3, -0.25) is 9.59 Å². The van der Waals surface area contributed by atoms with Gasteiger partial charge in [0.1, 0.15) is 5.41 Å². The molecule has 1 N–H and O–H groups in total. The normalized spacial score (nSPS) is 37.2. The van der Waals surface area contributed by atoms with Crippen molar-refractivity contribution in [2.45, 2.75) is 39.2 Å². The lowest BCUT2D eigenvalue weighted by molar-refractivity contribution is -0.162. The lowest BCUT2D eigenvalue weighted by Gasteiger charge is -2.39. The minimum Gasteiger partial charge on any atom is -0.465 e. The first kappa shape index (κ1) is 14.3. The van der Waals surface area contributed by atoms with Crippen molar-refractivity contribution in [3.63, 3.8) is 0 Å². The minimum atomic E-state index is -0.855. The first-order valence-electron chi connectivity index (χ1n) is 7.12. The summed E-state index contributed by atoms with van der Waals surface area (Å²) in [5, 5.41) is 3.38. The number of ketones is 1. The van der Waals surface area contributed by atoms with Crippen LogP contribution in [0.1, 0.15) is 33.1 Å². The Labute approximate surface area is 114 Å². The highest BCUT2D eigenvalue weighted by Crippen LogP contribution is 2.51. The van der Waals surface area contributed by atoms with Crippen LogP contribution in [0.3, 0.4) is 0 Å². The standard InChI is InChI=1S/C15H23NO3/c1-4-8-16-12-10(3)9-15(14(18)19-5-2)7-6-11(12)13(15)17/h4,10-12,16H,1,5-9H2,2-3H3. The van der Waals surface area contributed by atoms with E-state index >= 15 is 0 Å². The molecule has 0 aromatic heterocycles. The van der Waals surface area contributed by atoms with Gasteiger partial charge in [-0.1, -0.05) is 13.0 Å². The zero-order chi connectivity index (χ0) is 14.0. The second kappa shape index (κ2) is 5.45. The molecule has 2 aliphatic carbocycles. The van der Waals surface area contributed by atoms with Crippen LogP contribution < -0.4 is 5.32 Å². The Bertz CT molecular complexity index is 393. The van der Waals surface area contributed by atoms with Crippen LogP contribution in [0.15, 0.2) is 12.7 Å². The van der Waals surface area contributed by atoms with E-state index in [2.05, 4.69) is 18.8 Å². The van der Waals surface area contributed by atoms with Gasteiger partial charge in [0.05, 0.1) is 6.61 Å². The number of hydrogen-bond donors (Lipinski definition) is 1. The van der Waals surface area contributed by atoms with E-state index in [-0.39, 0.29) is 23.7 Å². The van der Waals surface area contributed by atoms with Crippen molar-refractivity contribution in [2.75, 3.05) is 13.2 Å². The SMILES string of the molecule is C=CCNC1C(C)CC2(C(=O)OCC)CCC1C2=O. The molecule has 0 saturated heterocycles. The van der Waals surface area contributed by atoms with Crippen LogP contribution in [-0.2, 0) is 14.3 Å². The number of ether oxygens (including phenoxy) is 1. The Hall–Kier alpha value is -1.16. The third-order valence-electron chi connectivity index (χ3n) is 4.57. The monoisotopic (exact) mass is 265 g/mol. The Kier molecular flexibility index (Phi) is 4.09. The lowest BCUT2D eigenvalue weighted by Crippen LogP contribution is -2.53. The van der Waals surface area contributed by atoms with Crippen LogP contribution >= 0.6 is 0 Å². The van der Waals surface area contributed by atoms with Gasteiger partial charge in [-0.05, 0) is 32.1 Å². The summed E-state index contributed by atoms with van der Waals surface area (Å²) in [4.78, 5) is 24.8. The van der Waals surface area contributed by atoms with E-state index < -0.39 is 5.41 Å². The third kappa shape index (κ3) is 2.22. The van der Waals surface area contributed by atoms with Gasteiger partial charge >= 0.3 is 5.97 Å². The number of carbonyl (C=O) groups is 2. The molecule has 0 heterocycles. The van der Waals surface area contributed by atoms with E-state index in [1.165, 1.54) is 0 Å². The maximum Gasteiger partial charge on any atom is 0.319 e. The summed E-state index contributed by atoms with van der Waals surface area (Å²) >= 11 is 0. The van der Waals surface area contributed by atoms with Gasteiger partial charge in [0.25, 0.3) is 0 Å². The number of nitrogens with one attached hydrogen (secondary N) is 1. The molecular weight excluding hydrogens is 242 g/mol. The van der Waals surface area contributed by atoms with Crippen LogP contribution in [0.2, 0.25) is 0 Å². The van der Waals surface area contributed by atoms with Gasteiger partial charge in [-0.25, -0.2) is 0 Å². The maximum atomic E-state index is 12.6. The molecule has 0 radical (unpaired) electrons. The van der Waals surface area contributed by atoms with E-state index in [4.69, 9.17) is 4.74 Å². The number of fused-ring (bicyclic) bond motifs is 2. The van der Waals surface area contributed by atoms with Gasteiger partial charge in [0.2, 0.25) is 0 Å². The fourth-order valence-electron chi connectivity index (χ4n) is 3.75. The minimum absolute atomic E-state index is 0.0480. The predicted molar refractivity (Wildman–Crippen MR) is 72.6 cm³/mol. The lowest BCUT2D eigenvalue weighted by atomic mass is 9.68. The number of rotatable bonds is 5. The molecule has 0 amide bonds. The second-order valence-electron chi connectivity index (χ2n) is 5.72. The summed E-state index contributed by atoms with van der Waals surface area (Å²) < 4.78 is 5.14. The third-order valence-corrected chi connectivity index (χ3v) is 4.57. The first-order chi connectivity index (χ1) is 9.06. The van der Waals surface area contributed by atoms with Gasteiger partial charge in [0.15, 0.2) is 5.78 Å². The molecule has 4 nitrogen and oxygen atoms in total. The molecule has 4 heteroatoms. The maximum absolute atomic E-state index is 12.6. The summed E-state index contributed by atoms with van der Waals surface area (Å²) in [6, 6.07) is 0.163. The molecule has 2 fully saturated rings. The van der Waals surface area contributed by atoms with Crippen molar-refractivity contribution in [1.82, 2.24) is 5.32 Å². The molecule has 106 valence electrons. The molecule has 0 aromatic rings. The predicted octanol–water partition coefficient (Wildman–Crippen LogP) is 1.70. The fourth-order valence-corrected chi connectivity index (χ4v) is 3.75. The molecule has 0 aliphatic heterocycles. The average molecular weight is 265 g/mol. The van der Waals surface area contributed by atoms with Gasteiger partial charge in [-0.15, -0.1) is 6.58 Å². The zero-order valence-electron chi connectivity index (χ0n) is 11.8. The highest BCUT2D eigenvalue weighted by Gasteiger charge is 2.60. The van der Waals surface area contributed by atoms with Crippen LogP contribution in [0, 0.1) is 17.3 Å². The van der Waals surface area contributed by atoms with E-state index in [0.29, 0.717) is 31.9 Å². The van der Waals surface area contributed by atoms with Crippen molar-refractivity contribution in [3.8, 4) is 0 Å². The number of esters is 1. The molecule has 19 heavy (non-hydrogen) atoms. The topological polar surface area (TPSA) is 55.4 Å².